The molecule has 110 valence electrons. The second kappa shape index (κ2) is 5.97. The summed E-state index contributed by atoms with van der Waals surface area (Å²) >= 11 is 0. The van der Waals surface area contributed by atoms with Gasteiger partial charge in [0.1, 0.15) is 5.69 Å². The van der Waals surface area contributed by atoms with E-state index in [0.29, 0.717) is 5.69 Å². The Morgan fingerprint density at radius 2 is 1.95 bits per heavy atom. The molecule has 21 heavy (non-hydrogen) atoms. The Kier molecular flexibility index (Phi) is 3.87. The molecule has 6 nitrogen and oxygen atoms in total. The van der Waals surface area contributed by atoms with Crippen molar-refractivity contribution >= 4 is 17.3 Å². The molecule has 2 N–H and O–H groups in total. The fourth-order valence-corrected chi connectivity index (χ4v) is 2.40. The van der Waals surface area contributed by atoms with E-state index in [1.54, 1.807) is 17.1 Å². The second-order valence-electron chi connectivity index (χ2n) is 5.16. The van der Waals surface area contributed by atoms with E-state index in [1.807, 2.05) is 31.3 Å². The number of nitrogens with one attached hydrogen (secondary N) is 2. The van der Waals surface area contributed by atoms with Gasteiger partial charge in [0, 0.05) is 50.8 Å². The number of aryl methyl sites for hydroxylation is 1. The summed E-state index contributed by atoms with van der Waals surface area (Å²) < 4.78 is 1.75. The molecule has 3 rings (SSSR count). The molecule has 1 amide bonds. The number of nitrogens with zero attached hydrogens (tertiary/aromatic N) is 3. The molecule has 0 spiro atoms. The Bertz CT molecular complexity index is 613. The fourth-order valence-electron chi connectivity index (χ4n) is 2.40. The summed E-state index contributed by atoms with van der Waals surface area (Å²) in [5.41, 5.74) is 2.39. The normalized spacial score (nSPS) is 15.0. The first-order valence-corrected chi connectivity index (χ1v) is 7.07. The van der Waals surface area contributed by atoms with Gasteiger partial charge in [-0.25, -0.2) is 4.98 Å². The minimum absolute atomic E-state index is 0.189. The minimum atomic E-state index is -0.189. The summed E-state index contributed by atoms with van der Waals surface area (Å²) in [5, 5.41) is 6.19. The molecule has 2 aromatic rings. The van der Waals surface area contributed by atoms with E-state index in [-0.39, 0.29) is 5.91 Å². The molecule has 6 heteroatoms. The number of hydrogen-bond acceptors (Lipinski definition) is 4. The lowest BCUT2D eigenvalue weighted by Gasteiger charge is -2.29. The van der Waals surface area contributed by atoms with Crippen LogP contribution in [0.15, 0.2) is 36.8 Å². The summed E-state index contributed by atoms with van der Waals surface area (Å²) in [7, 11) is 1.84. The van der Waals surface area contributed by atoms with Gasteiger partial charge in [-0.3, -0.25) is 4.79 Å². The molecule has 0 saturated carbocycles. The SMILES string of the molecule is Cn1cnc(C(=O)Nc2ccc(N3CCNCC3)cc2)c1. The average molecular weight is 285 g/mol. The van der Waals surface area contributed by atoms with Crippen LogP contribution in [0.25, 0.3) is 0 Å². The molecule has 0 unspecified atom stereocenters. The molecule has 2 heterocycles. The molecule has 1 aromatic heterocycles. The highest BCUT2D eigenvalue weighted by molar-refractivity contribution is 6.02. The standard InChI is InChI=1S/C15H19N5O/c1-19-10-14(17-11-19)15(21)18-12-2-4-13(5-3-12)20-8-6-16-7-9-20/h2-5,10-11,16H,6-9H2,1H3,(H,18,21). The zero-order valence-corrected chi connectivity index (χ0v) is 12.0. The van der Waals surface area contributed by atoms with Gasteiger partial charge < -0.3 is 20.1 Å². The highest BCUT2D eigenvalue weighted by Crippen LogP contribution is 2.18. The summed E-state index contributed by atoms with van der Waals surface area (Å²) in [6.07, 6.45) is 3.31. The van der Waals surface area contributed by atoms with Crippen LogP contribution >= 0.6 is 0 Å². The Labute approximate surface area is 123 Å². The van der Waals surface area contributed by atoms with Crippen molar-refractivity contribution in [2.45, 2.75) is 0 Å². The third-order valence-electron chi connectivity index (χ3n) is 3.54. The quantitative estimate of drug-likeness (QED) is 0.886. The van der Waals surface area contributed by atoms with E-state index in [0.717, 1.165) is 31.9 Å². The zero-order chi connectivity index (χ0) is 14.7. The topological polar surface area (TPSA) is 62.2 Å². The second-order valence-corrected chi connectivity index (χ2v) is 5.16. The van der Waals surface area contributed by atoms with Crippen LogP contribution in [-0.2, 0) is 7.05 Å². The number of anilines is 2. The summed E-state index contributed by atoms with van der Waals surface area (Å²) in [4.78, 5) is 18.4. The Morgan fingerprint density at radius 1 is 1.24 bits per heavy atom. The molecule has 0 aliphatic carbocycles. The average Bonchev–Trinajstić information content (AvgIpc) is 2.96. The first-order chi connectivity index (χ1) is 10.2. The first-order valence-electron chi connectivity index (χ1n) is 7.07. The van der Waals surface area contributed by atoms with Crippen LogP contribution in [0.5, 0.6) is 0 Å². The van der Waals surface area contributed by atoms with Gasteiger partial charge in [-0.1, -0.05) is 0 Å². The monoisotopic (exact) mass is 285 g/mol. The minimum Gasteiger partial charge on any atom is -0.369 e. The lowest BCUT2D eigenvalue weighted by atomic mass is 10.2. The van der Waals surface area contributed by atoms with Gasteiger partial charge in [0.25, 0.3) is 5.91 Å². The van der Waals surface area contributed by atoms with Crippen LogP contribution in [0.2, 0.25) is 0 Å². The Hall–Kier alpha value is -2.34. The van der Waals surface area contributed by atoms with Crippen LogP contribution < -0.4 is 15.5 Å². The fraction of sp³-hybridized carbons (Fsp3) is 0.333. The molecule has 1 saturated heterocycles. The summed E-state index contributed by atoms with van der Waals surface area (Å²) in [6, 6.07) is 7.94. The largest absolute Gasteiger partial charge is 0.369 e. The maximum Gasteiger partial charge on any atom is 0.275 e. The lowest BCUT2D eigenvalue weighted by molar-refractivity contribution is 0.102. The van der Waals surface area contributed by atoms with Crippen LogP contribution in [0.4, 0.5) is 11.4 Å². The highest BCUT2D eigenvalue weighted by Gasteiger charge is 2.11. The molecule has 1 aromatic carbocycles. The van der Waals surface area contributed by atoms with Gasteiger partial charge in [0.15, 0.2) is 0 Å². The maximum absolute atomic E-state index is 12.0. The van der Waals surface area contributed by atoms with Gasteiger partial charge in [-0.05, 0) is 24.3 Å². The maximum atomic E-state index is 12.0. The van der Waals surface area contributed by atoms with Gasteiger partial charge in [-0.2, -0.15) is 0 Å². The van der Waals surface area contributed by atoms with Crippen molar-refractivity contribution in [3.8, 4) is 0 Å². The number of carbonyl (C=O) groups excluding carboxylic acids is 1. The van der Waals surface area contributed by atoms with E-state index in [2.05, 4.69) is 20.5 Å². The van der Waals surface area contributed by atoms with Crippen LogP contribution in [0.1, 0.15) is 10.5 Å². The van der Waals surface area contributed by atoms with E-state index in [9.17, 15) is 4.79 Å². The van der Waals surface area contributed by atoms with E-state index in [4.69, 9.17) is 0 Å². The molecule has 1 fully saturated rings. The number of hydrogen-bond donors (Lipinski definition) is 2. The smallest absolute Gasteiger partial charge is 0.275 e. The molecular formula is C15H19N5O. The number of amides is 1. The van der Waals surface area contributed by atoms with Gasteiger partial charge in [0.05, 0.1) is 6.33 Å². The number of imidazole rings is 1. The molecule has 0 atom stereocenters. The number of carbonyl (C=O) groups is 1. The lowest BCUT2D eigenvalue weighted by Crippen LogP contribution is -2.43. The molecule has 1 aliphatic heterocycles. The van der Waals surface area contributed by atoms with Crippen molar-refractivity contribution in [2.75, 3.05) is 36.4 Å². The van der Waals surface area contributed by atoms with Crippen LogP contribution in [0.3, 0.4) is 0 Å². The zero-order valence-electron chi connectivity index (χ0n) is 12.0. The third-order valence-corrected chi connectivity index (χ3v) is 3.54. The molecule has 0 bridgehead atoms. The van der Waals surface area contributed by atoms with Gasteiger partial charge in [-0.15, -0.1) is 0 Å². The Balaban J connectivity index is 1.65. The first kappa shape index (κ1) is 13.6. The van der Waals surface area contributed by atoms with E-state index in [1.165, 1.54) is 5.69 Å². The van der Waals surface area contributed by atoms with Crippen molar-refractivity contribution in [2.24, 2.45) is 7.05 Å². The van der Waals surface area contributed by atoms with Crippen molar-refractivity contribution < 1.29 is 4.79 Å². The van der Waals surface area contributed by atoms with E-state index >= 15 is 0 Å². The molecule has 1 aliphatic rings. The highest BCUT2D eigenvalue weighted by atomic mass is 16.1. The van der Waals surface area contributed by atoms with Crippen molar-refractivity contribution in [1.82, 2.24) is 14.9 Å². The van der Waals surface area contributed by atoms with Crippen LogP contribution in [-0.4, -0.2) is 41.6 Å². The Morgan fingerprint density at radius 3 is 2.57 bits per heavy atom. The number of aromatic nitrogens is 2. The number of piperazine rings is 1. The van der Waals surface area contributed by atoms with Crippen molar-refractivity contribution in [3.05, 3.63) is 42.5 Å². The van der Waals surface area contributed by atoms with E-state index < -0.39 is 0 Å². The van der Waals surface area contributed by atoms with Gasteiger partial charge >= 0.3 is 0 Å². The predicted octanol–water partition coefficient (Wildman–Crippen LogP) is 1.08. The van der Waals surface area contributed by atoms with Crippen LogP contribution in [0, 0.1) is 0 Å². The van der Waals surface area contributed by atoms with Crippen molar-refractivity contribution in [3.63, 3.8) is 0 Å². The molecule has 0 radical (unpaired) electrons. The predicted molar refractivity (Wildman–Crippen MR) is 82.7 cm³/mol. The van der Waals surface area contributed by atoms with Crippen molar-refractivity contribution in [1.29, 1.82) is 0 Å². The number of rotatable bonds is 3. The third kappa shape index (κ3) is 3.22. The summed E-state index contributed by atoms with van der Waals surface area (Å²) in [6.45, 7) is 4.05. The number of benzene rings is 1. The van der Waals surface area contributed by atoms with Gasteiger partial charge in [0.2, 0.25) is 0 Å². The summed E-state index contributed by atoms with van der Waals surface area (Å²) in [5.74, 6) is -0.189. The molecular weight excluding hydrogens is 266 g/mol.